The van der Waals surface area contributed by atoms with Crippen molar-refractivity contribution in [2.75, 3.05) is 6.61 Å². The molecule has 2 rings (SSSR count). The summed E-state index contributed by atoms with van der Waals surface area (Å²) in [5.74, 6) is -0.830. The number of hydrazine groups is 1. The van der Waals surface area contributed by atoms with E-state index < -0.39 is 11.8 Å². The van der Waals surface area contributed by atoms with Crippen LogP contribution in [0.15, 0.2) is 24.3 Å². The van der Waals surface area contributed by atoms with Crippen molar-refractivity contribution < 1.29 is 14.3 Å². The first-order chi connectivity index (χ1) is 9.15. The molecule has 0 bridgehead atoms. The summed E-state index contributed by atoms with van der Waals surface area (Å²) in [6, 6.07) is 6.64. The largest absolute Gasteiger partial charge is 0.470 e. The number of carbonyl (C=O) groups excluding carboxylic acids is 2. The number of imide groups is 1. The molecular weight excluding hydrogens is 264 g/mol. The first-order valence-corrected chi connectivity index (χ1v) is 6.47. The summed E-state index contributed by atoms with van der Waals surface area (Å²) in [7, 11) is 0. The molecule has 1 heterocycles. The molecule has 1 N–H and O–H groups in total. The minimum absolute atomic E-state index is 0.0305. The Labute approximate surface area is 116 Å². The Kier molecular flexibility index (Phi) is 4.11. The maximum absolute atomic E-state index is 12.0. The Morgan fingerprint density at radius 2 is 1.84 bits per heavy atom. The van der Waals surface area contributed by atoms with E-state index >= 15 is 0 Å². The van der Waals surface area contributed by atoms with Gasteiger partial charge in [0.05, 0.1) is 17.7 Å². The van der Waals surface area contributed by atoms with Crippen molar-refractivity contribution in [1.29, 1.82) is 0 Å². The van der Waals surface area contributed by atoms with Gasteiger partial charge in [-0.2, -0.15) is 5.01 Å². The van der Waals surface area contributed by atoms with Gasteiger partial charge in [-0.1, -0.05) is 25.5 Å². The molecule has 19 heavy (non-hydrogen) atoms. The van der Waals surface area contributed by atoms with Gasteiger partial charge in [-0.3, -0.25) is 9.59 Å². The van der Waals surface area contributed by atoms with Crippen LogP contribution in [-0.4, -0.2) is 28.6 Å². The molecule has 0 aliphatic carbocycles. The number of thiocarbonyl (C=S) groups is 1. The molecule has 5 nitrogen and oxygen atoms in total. The number of amides is 2. The number of fused-ring (bicyclic) bond motifs is 1. The first kappa shape index (κ1) is 13.5. The van der Waals surface area contributed by atoms with Crippen LogP contribution < -0.4 is 5.43 Å². The lowest BCUT2D eigenvalue weighted by Gasteiger charge is -2.16. The number of nitrogens with zero attached hydrogens (tertiary/aromatic N) is 1. The minimum Gasteiger partial charge on any atom is -0.470 e. The van der Waals surface area contributed by atoms with Crippen LogP contribution in [0.4, 0.5) is 0 Å². The summed E-state index contributed by atoms with van der Waals surface area (Å²) < 4.78 is 5.21. The molecular formula is C13H14N2O3S. The maximum Gasteiger partial charge on any atom is 0.280 e. The first-order valence-electron chi connectivity index (χ1n) is 6.06. The topological polar surface area (TPSA) is 58.6 Å². The minimum atomic E-state index is -0.415. The highest BCUT2D eigenvalue weighted by Gasteiger charge is 2.36. The second-order valence-corrected chi connectivity index (χ2v) is 4.46. The monoisotopic (exact) mass is 278 g/mol. The van der Waals surface area contributed by atoms with Gasteiger partial charge in [0, 0.05) is 0 Å². The number of benzene rings is 1. The van der Waals surface area contributed by atoms with Crippen molar-refractivity contribution in [1.82, 2.24) is 10.4 Å². The van der Waals surface area contributed by atoms with Crippen LogP contribution >= 0.6 is 12.2 Å². The molecule has 100 valence electrons. The number of hydrogen-bond acceptors (Lipinski definition) is 4. The third-order valence-corrected chi connectivity index (χ3v) is 2.94. The Bertz CT molecular complexity index is 495. The lowest BCUT2D eigenvalue weighted by molar-refractivity contribution is 0.0595. The molecule has 0 saturated carbocycles. The number of nitrogens with one attached hydrogen (secondary N) is 1. The van der Waals surface area contributed by atoms with Crippen molar-refractivity contribution >= 4 is 29.2 Å². The van der Waals surface area contributed by atoms with Crippen LogP contribution in [0.5, 0.6) is 0 Å². The zero-order valence-corrected chi connectivity index (χ0v) is 11.3. The fraction of sp³-hybridized carbons (Fsp3) is 0.308. The van der Waals surface area contributed by atoms with E-state index in [0.29, 0.717) is 17.7 Å². The molecule has 0 saturated heterocycles. The predicted octanol–water partition coefficient (Wildman–Crippen LogP) is 1.89. The molecule has 0 aromatic heterocycles. The van der Waals surface area contributed by atoms with Gasteiger partial charge >= 0.3 is 0 Å². The van der Waals surface area contributed by atoms with Gasteiger partial charge in [0.1, 0.15) is 0 Å². The average Bonchev–Trinajstić information content (AvgIpc) is 2.65. The number of carbonyl (C=O) groups is 2. The van der Waals surface area contributed by atoms with E-state index in [9.17, 15) is 9.59 Å². The summed E-state index contributed by atoms with van der Waals surface area (Å²) in [6.45, 7) is 2.50. The number of rotatable bonds is 4. The highest BCUT2D eigenvalue weighted by Crippen LogP contribution is 2.20. The second-order valence-electron chi connectivity index (χ2n) is 4.09. The molecule has 6 heteroatoms. The van der Waals surface area contributed by atoms with Crippen molar-refractivity contribution in [3.05, 3.63) is 35.4 Å². The Morgan fingerprint density at radius 1 is 1.26 bits per heavy atom. The third kappa shape index (κ3) is 2.73. The van der Waals surface area contributed by atoms with Gasteiger partial charge in [-0.25, -0.2) is 5.43 Å². The van der Waals surface area contributed by atoms with Crippen LogP contribution in [0, 0.1) is 0 Å². The Morgan fingerprint density at radius 3 is 2.37 bits per heavy atom. The fourth-order valence-corrected chi connectivity index (χ4v) is 1.90. The van der Waals surface area contributed by atoms with E-state index in [0.717, 1.165) is 17.9 Å². The molecule has 0 radical (unpaired) electrons. The quantitative estimate of drug-likeness (QED) is 0.518. The van der Waals surface area contributed by atoms with Gasteiger partial charge in [0.15, 0.2) is 0 Å². The van der Waals surface area contributed by atoms with Gasteiger partial charge in [0.2, 0.25) is 0 Å². The molecule has 1 aromatic rings. The van der Waals surface area contributed by atoms with Crippen LogP contribution in [0.3, 0.4) is 0 Å². The molecule has 1 aliphatic rings. The van der Waals surface area contributed by atoms with Gasteiger partial charge in [-0.05, 0) is 30.8 Å². The van der Waals surface area contributed by atoms with E-state index in [1.807, 2.05) is 6.92 Å². The van der Waals surface area contributed by atoms with Crippen LogP contribution in [-0.2, 0) is 4.74 Å². The normalized spacial score (nSPS) is 13.4. The molecule has 1 aromatic carbocycles. The zero-order chi connectivity index (χ0) is 13.8. The van der Waals surface area contributed by atoms with Gasteiger partial charge in [0.25, 0.3) is 17.0 Å². The summed E-state index contributed by atoms with van der Waals surface area (Å²) in [5, 5.41) is 0.918. The van der Waals surface area contributed by atoms with Crippen LogP contribution in [0.1, 0.15) is 40.5 Å². The third-order valence-electron chi connectivity index (χ3n) is 2.73. The van der Waals surface area contributed by atoms with Crippen molar-refractivity contribution in [3.63, 3.8) is 0 Å². The smallest absolute Gasteiger partial charge is 0.280 e. The van der Waals surface area contributed by atoms with Crippen LogP contribution in [0.25, 0.3) is 0 Å². The molecule has 1 aliphatic heterocycles. The molecule has 0 fully saturated rings. The zero-order valence-electron chi connectivity index (χ0n) is 10.5. The summed E-state index contributed by atoms with van der Waals surface area (Å²) in [4.78, 5) is 24.0. The summed E-state index contributed by atoms with van der Waals surface area (Å²) in [6.07, 6.45) is 1.85. The van der Waals surface area contributed by atoms with E-state index in [1.165, 1.54) is 0 Å². The SMILES string of the molecule is CCCCOC(=S)NN1C(=O)c2ccccc2C1=O. The molecule has 0 atom stereocenters. The number of ether oxygens (including phenoxy) is 1. The Hall–Kier alpha value is -1.95. The Balaban J connectivity index is 2.02. The summed E-state index contributed by atoms with van der Waals surface area (Å²) >= 11 is 4.94. The standard InChI is InChI=1S/C13H14N2O3S/c1-2-3-8-18-13(19)14-15-11(16)9-6-4-5-7-10(9)12(15)17/h4-7H,2-3,8H2,1H3,(H,14,19). The predicted molar refractivity (Wildman–Crippen MR) is 73.5 cm³/mol. The van der Waals surface area contributed by atoms with Crippen molar-refractivity contribution in [2.24, 2.45) is 0 Å². The lowest BCUT2D eigenvalue weighted by atomic mass is 10.1. The molecule has 0 spiro atoms. The molecule has 0 unspecified atom stereocenters. The second kappa shape index (κ2) is 5.79. The number of hydrogen-bond donors (Lipinski definition) is 1. The van der Waals surface area contributed by atoms with E-state index in [2.05, 4.69) is 5.43 Å². The van der Waals surface area contributed by atoms with Crippen LogP contribution in [0.2, 0.25) is 0 Å². The highest BCUT2D eigenvalue weighted by atomic mass is 32.1. The van der Waals surface area contributed by atoms with E-state index in [-0.39, 0.29) is 5.17 Å². The van der Waals surface area contributed by atoms with Gasteiger partial charge < -0.3 is 4.74 Å². The van der Waals surface area contributed by atoms with Crippen molar-refractivity contribution in [2.45, 2.75) is 19.8 Å². The lowest BCUT2D eigenvalue weighted by Crippen LogP contribution is -2.46. The van der Waals surface area contributed by atoms with E-state index in [4.69, 9.17) is 17.0 Å². The highest BCUT2D eigenvalue weighted by molar-refractivity contribution is 7.80. The van der Waals surface area contributed by atoms with Crippen molar-refractivity contribution in [3.8, 4) is 0 Å². The summed E-state index contributed by atoms with van der Waals surface area (Å²) in [5.41, 5.74) is 3.27. The molecule has 2 amide bonds. The fourth-order valence-electron chi connectivity index (χ4n) is 1.72. The number of unbranched alkanes of at least 4 members (excludes halogenated alkanes) is 1. The van der Waals surface area contributed by atoms with E-state index in [1.54, 1.807) is 24.3 Å². The maximum atomic E-state index is 12.0. The average molecular weight is 278 g/mol. The van der Waals surface area contributed by atoms with Gasteiger partial charge in [-0.15, -0.1) is 0 Å².